The highest BCUT2D eigenvalue weighted by molar-refractivity contribution is 7.92. The quantitative estimate of drug-likeness (QED) is 0.373. The molecule has 0 radical (unpaired) electrons. The van der Waals surface area contributed by atoms with Gasteiger partial charge in [-0.25, -0.2) is 17.6 Å². The molecule has 9 nitrogen and oxygen atoms in total. The summed E-state index contributed by atoms with van der Waals surface area (Å²) in [6.45, 7) is -0.275. The Labute approximate surface area is 194 Å². The minimum Gasteiger partial charge on any atom is -0.497 e. The van der Waals surface area contributed by atoms with Gasteiger partial charge in [0, 0.05) is 11.3 Å². The van der Waals surface area contributed by atoms with Crippen LogP contribution in [0.25, 0.3) is 11.5 Å². The van der Waals surface area contributed by atoms with Crippen LogP contribution in [0.15, 0.2) is 82.2 Å². The Hall–Kier alpha value is -4.25. The lowest BCUT2D eigenvalue weighted by Crippen LogP contribution is -2.14. The Balaban J connectivity index is 1.41. The summed E-state index contributed by atoms with van der Waals surface area (Å²) in [6, 6.07) is 17.1. The van der Waals surface area contributed by atoms with Gasteiger partial charge in [0.05, 0.1) is 17.6 Å². The summed E-state index contributed by atoms with van der Waals surface area (Å²) < 4.78 is 56.1. The summed E-state index contributed by atoms with van der Waals surface area (Å²) >= 11 is 0. The number of carbonyl (C=O) groups excluding carboxylic acids is 1. The normalized spacial score (nSPS) is 11.1. The number of anilines is 1. The molecule has 0 bridgehead atoms. The Morgan fingerprint density at radius 2 is 1.79 bits per heavy atom. The van der Waals surface area contributed by atoms with E-state index >= 15 is 0 Å². The molecular weight excluding hydrogens is 465 g/mol. The van der Waals surface area contributed by atoms with Gasteiger partial charge in [-0.3, -0.25) is 4.72 Å². The maximum atomic E-state index is 13.0. The van der Waals surface area contributed by atoms with E-state index < -0.39 is 21.8 Å². The number of rotatable bonds is 8. The van der Waals surface area contributed by atoms with Crippen molar-refractivity contribution < 1.29 is 31.6 Å². The van der Waals surface area contributed by atoms with Gasteiger partial charge in [-0.05, 0) is 66.7 Å². The molecule has 0 spiro atoms. The molecule has 0 unspecified atom stereocenters. The number of halogens is 1. The van der Waals surface area contributed by atoms with Crippen molar-refractivity contribution in [2.24, 2.45) is 0 Å². The van der Waals surface area contributed by atoms with Crippen LogP contribution < -0.4 is 9.46 Å². The van der Waals surface area contributed by atoms with Crippen LogP contribution in [0, 0.1) is 5.82 Å². The first-order valence-electron chi connectivity index (χ1n) is 9.87. The molecule has 0 aliphatic rings. The van der Waals surface area contributed by atoms with Crippen molar-refractivity contribution in [1.82, 2.24) is 10.1 Å². The Morgan fingerprint density at radius 1 is 1.06 bits per heavy atom. The van der Waals surface area contributed by atoms with Crippen molar-refractivity contribution in [3.63, 3.8) is 0 Å². The fourth-order valence-corrected chi connectivity index (χ4v) is 4.00. The molecule has 1 N–H and O–H groups in total. The molecule has 0 fully saturated rings. The monoisotopic (exact) mass is 483 g/mol. The molecule has 1 aromatic heterocycles. The van der Waals surface area contributed by atoms with Crippen LogP contribution in [0.1, 0.15) is 16.2 Å². The molecule has 34 heavy (non-hydrogen) atoms. The standard InChI is InChI=1S/C23H18FN3O6S/c1-31-19-11-5-15(6-12-19)22-25-21(26-33-22)14-32-23(28)16-3-2-4-20(13-16)34(29,30)27-18-9-7-17(24)8-10-18/h2-13,27H,14H2,1H3. The largest absolute Gasteiger partial charge is 0.497 e. The van der Waals surface area contributed by atoms with Gasteiger partial charge in [0.25, 0.3) is 15.9 Å². The topological polar surface area (TPSA) is 121 Å². The van der Waals surface area contributed by atoms with Crippen LogP contribution in [0.2, 0.25) is 0 Å². The molecular formula is C23H18FN3O6S. The third kappa shape index (κ3) is 5.38. The number of esters is 1. The zero-order valence-corrected chi connectivity index (χ0v) is 18.6. The third-order valence-corrected chi connectivity index (χ3v) is 5.99. The summed E-state index contributed by atoms with van der Waals surface area (Å²) in [5.41, 5.74) is 0.859. The number of aromatic nitrogens is 2. The van der Waals surface area contributed by atoms with Gasteiger partial charge in [0.2, 0.25) is 5.82 Å². The SMILES string of the molecule is COc1ccc(-c2nc(COC(=O)c3cccc(S(=O)(=O)Nc4ccc(F)cc4)c3)no2)cc1. The molecule has 0 aliphatic carbocycles. The number of sulfonamides is 1. The third-order valence-electron chi connectivity index (χ3n) is 4.61. The second-order valence-corrected chi connectivity index (χ2v) is 8.64. The number of carbonyl (C=O) groups is 1. The number of methoxy groups -OCH3 is 1. The molecule has 11 heteroatoms. The average molecular weight is 483 g/mol. The molecule has 174 valence electrons. The lowest BCUT2D eigenvalue weighted by Gasteiger charge is -2.09. The maximum Gasteiger partial charge on any atom is 0.338 e. The summed E-state index contributed by atoms with van der Waals surface area (Å²) in [6.07, 6.45) is 0. The minimum atomic E-state index is -4.01. The van der Waals surface area contributed by atoms with E-state index in [0.717, 1.165) is 12.1 Å². The highest BCUT2D eigenvalue weighted by Crippen LogP contribution is 2.21. The molecule has 0 aliphatic heterocycles. The first-order valence-corrected chi connectivity index (χ1v) is 11.3. The van der Waals surface area contributed by atoms with E-state index in [1.807, 2.05) is 0 Å². The molecule has 3 aromatic carbocycles. The molecule has 0 amide bonds. The van der Waals surface area contributed by atoms with E-state index in [2.05, 4.69) is 14.9 Å². The number of benzene rings is 3. The predicted molar refractivity (Wildman–Crippen MR) is 119 cm³/mol. The van der Waals surface area contributed by atoms with Gasteiger partial charge < -0.3 is 14.0 Å². The molecule has 0 saturated carbocycles. The van der Waals surface area contributed by atoms with Gasteiger partial charge >= 0.3 is 5.97 Å². The second-order valence-electron chi connectivity index (χ2n) is 6.96. The van der Waals surface area contributed by atoms with Crippen molar-refractivity contribution in [3.05, 3.63) is 90.0 Å². The highest BCUT2D eigenvalue weighted by Gasteiger charge is 2.18. The number of hydrogen-bond donors (Lipinski definition) is 1. The molecule has 1 heterocycles. The number of nitrogens with zero attached hydrogens (tertiary/aromatic N) is 2. The highest BCUT2D eigenvalue weighted by atomic mass is 32.2. The summed E-state index contributed by atoms with van der Waals surface area (Å²) in [7, 11) is -2.45. The fourth-order valence-electron chi connectivity index (χ4n) is 2.90. The van der Waals surface area contributed by atoms with Crippen LogP contribution in [0.5, 0.6) is 5.75 Å². The molecule has 4 aromatic rings. The predicted octanol–water partition coefficient (Wildman–Crippen LogP) is 4.04. The van der Waals surface area contributed by atoms with Gasteiger partial charge in [0.1, 0.15) is 11.6 Å². The van der Waals surface area contributed by atoms with E-state index in [4.69, 9.17) is 14.0 Å². The zero-order chi connectivity index (χ0) is 24.1. The van der Waals surface area contributed by atoms with Crippen molar-refractivity contribution in [2.45, 2.75) is 11.5 Å². The van der Waals surface area contributed by atoms with Crippen molar-refractivity contribution in [2.75, 3.05) is 11.8 Å². The fraction of sp³-hybridized carbons (Fsp3) is 0.0870. The number of hydrogen-bond acceptors (Lipinski definition) is 8. The van der Waals surface area contributed by atoms with Crippen LogP contribution in [0.4, 0.5) is 10.1 Å². The Bertz CT molecular complexity index is 1400. The zero-order valence-electron chi connectivity index (χ0n) is 17.8. The maximum absolute atomic E-state index is 13.0. The average Bonchev–Trinajstić information content (AvgIpc) is 3.33. The van der Waals surface area contributed by atoms with E-state index in [-0.39, 0.29) is 34.5 Å². The van der Waals surface area contributed by atoms with Crippen LogP contribution in [0.3, 0.4) is 0 Å². The van der Waals surface area contributed by atoms with Crippen molar-refractivity contribution in [3.8, 4) is 17.2 Å². The summed E-state index contributed by atoms with van der Waals surface area (Å²) in [4.78, 5) is 16.5. The van der Waals surface area contributed by atoms with Gasteiger partial charge in [-0.1, -0.05) is 11.2 Å². The summed E-state index contributed by atoms with van der Waals surface area (Å²) in [5, 5.41) is 3.78. The lowest BCUT2D eigenvalue weighted by molar-refractivity contribution is 0.0459. The van der Waals surface area contributed by atoms with Gasteiger partial charge in [0.15, 0.2) is 6.61 Å². The smallest absolute Gasteiger partial charge is 0.338 e. The van der Waals surface area contributed by atoms with Gasteiger partial charge in [-0.15, -0.1) is 0 Å². The van der Waals surface area contributed by atoms with Crippen molar-refractivity contribution in [1.29, 1.82) is 0 Å². The van der Waals surface area contributed by atoms with E-state index in [9.17, 15) is 17.6 Å². The Kier molecular flexibility index (Phi) is 6.55. The summed E-state index contributed by atoms with van der Waals surface area (Å²) in [5.74, 6) is -0.204. The van der Waals surface area contributed by atoms with Gasteiger partial charge in [-0.2, -0.15) is 4.98 Å². The molecule has 0 saturated heterocycles. The first-order chi connectivity index (χ1) is 16.3. The molecule has 4 rings (SSSR count). The van der Waals surface area contributed by atoms with Crippen LogP contribution in [-0.4, -0.2) is 31.6 Å². The van der Waals surface area contributed by atoms with E-state index in [1.165, 1.54) is 36.4 Å². The number of nitrogens with one attached hydrogen (secondary N) is 1. The van der Waals surface area contributed by atoms with Crippen LogP contribution in [-0.2, 0) is 21.4 Å². The lowest BCUT2D eigenvalue weighted by atomic mass is 10.2. The molecule has 0 atom stereocenters. The van der Waals surface area contributed by atoms with E-state index in [1.54, 1.807) is 31.4 Å². The second kappa shape index (κ2) is 9.71. The number of ether oxygens (including phenoxy) is 2. The minimum absolute atomic E-state index is 0.0147. The van der Waals surface area contributed by atoms with Crippen LogP contribution >= 0.6 is 0 Å². The van der Waals surface area contributed by atoms with Crippen molar-refractivity contribution >= 4 is 21.7 Å². The van der Waals surface area contributed by atoms with E-state index in [0.29, 0.717) is 11.3 Å². The first kappa shape index (κ1) is 22.9. The Morgan fingerprint density at radius 3 is 2.50 bits per heavy atom.